The Morgan fingerprint density at radius 2 is 2.05 bits per heavy atom. The highest BCUT2D eigenvalue weighted by Gasteiger charge is 2.22. The van der Waals surface area contributed by atoms with Gasteiger partial charge in [-0.05, 0) is 51.9 Å². The topological polar surface area (TPSA) is 44.0 Å². The number of aromatic nitrogens is 2. The summed E-state index contributed by atoms with van der Waals surface area (Å²) in [5.74, 6) is 1.81. The lowest BCUT2D eigenvalue weighted by atomic mass is 9.98. The van der Waals surface area contributed by atoms with Crippen LogP contribution in [0.25, 0.3) is 0 Å². The van der Waals surface area contributed by atoms with Gasteiger partial charge in [-0.15, -0.1) is 0 Å². The molecule has 4 nitrogen and oxygen atoms in total. The number of nitrogens with zero attached hydrogens (tertiary/aromatic N) is 2. The molecule has 1 aromatic heterocycles. The highest BCUT2D eigenvalue weighted by Crippen LogP contribution is 2.24. The maximum Gasteiger partial charge on any atom is 0.109 e. The maximum absolute atomic E-state index is 4.60. The predicted molar refractivity (Wildman–Crippen MR) is 80.7 cm³/mol. The summed E-state index contributed by atoms with van der Waals surface area (Å²) in [6.07, 6.45) is 8.14. The molecule has 19 heavy (non-hydrogen) atoms. The number of halogens is 1. The van der Waals surface area contributed by atoms with Crippen LogP contribution in [0, 0.1) is 0 Å². The van der Waals surface area contributed by atoms with Gasteiger partial charge in [0.2, 0.25) is 0 Å². The summed E-state index contributed by atoms with van der Waals surface area (Å²) < 4.78 is 0. The van der Waals surface area contributed by atoms with Crippen LogP contribution in [0.15, 0.2) is 6.20 Å². The third-order valence-electron chi connectivity index (χ3n) is 4.30. The maximum atomic E-state index is 4.60. The van der Waals surface area contributed by atoms with Gasteiger partial charge in [-0.3, -0.25) is 4.90 Å². The van der Waals surface area contributed by atoms with Crippen molar-refractivity contribution in [2.24, 2.45) is 0 Å². The molecule has 1 unspecified atom stereocenters. The standard InChI is InChI=1S/C14H23BrN4/c15-13(19-7-1-2-8-19)9-12-10-17-14(18-12)11-3-5-16-6-4-11/h10-11,13,16H,1-9H2,(H,17,18). The van der Waals surface area contributed by atoms with E-state index in [1.807, 2.05) is 6.20 Å². The molecule has 1 aromatic rings. The number of rotatable bonds is 4. The van der Waals surface area contributed by atoms with Crippen molar-refractivity contribution >= 4 is 15.9 Å². The zero-order chi connectivity index (χ0) is 13.1. The summed E-state index contributed by atoms with van der Waals surface area (Å²) in [7, 11) is 0. The van der Waals surface area contributed by atoms with Crippen molar-refractivity contribution in [2.45, 2.75) is 43.0 Å². The number of piperidine rings is 1. The molecule has 2 aliphatic heterocycles. The highest BCUT2D eigenvalue weighted by atomic mass is 79.9. The predicted octanol–water partition coefficient (Wildman–Crippen LogP) is 2.24. The smallest absolute Gasteiger partial charge is 0.109 e. The van der Waals surface area contributed by atoms with Crippen LogP contribution in [0.4, 0.5) is 0 Å². The van der Waals surface area contributed by atoms with Gasteiger partial charge in [0, 0.05) is 24.2 Å². The molecular weight excluding hydrogens is 304 g/mol. The molecule has 2 fully saturated rings. The van der Waals surface area contributed by atoms with E-state index in [4.69, 9.17) is 0 Å². The van der Waals surface area contributed by atoms with E-state index < -0.39 is 0 Å². The van der Waals surface area contributed by atoms with Gasteiger partial charge in [0.15, 0.2) is 0 Å². The summed E-state index contributed by atoms with van der Waals surface area (Å²) in [6.45, 7) is 4.70. The van der Waals surface area contributed by atoms with E-state index in [9.17, 15) is 0 Å². The SMILES string of the molecule is BrC(Cc1cnc(C2CCNCC2)[nH]1)N1CCCC1. The molecule has 0 aliphatic carbocycles. The van der Waals surface area contributed by atoms with E-state index in [0.29, 0.717) is 10.9 Å². The molecule has 3 heterocycles. The van der Waals surface area contributed by atoms with Crippen LogP contribution in [0.1, 0.15) is 43.1 Å². The fourth-order valence-corrected chi connectivity index (χ4v) is 3.87. The molecular formula is C14H23BrN4. The summed E-state index contributed by atoms with van der Waals surface area (Å²) in [5.41, 5.74) is 1.27. The van der Waals surface area contributed by atoms with Crippen molar-refractivity contribution in [1.29, 1.82) is 0 Å². The van der Waals surface area contributed by atoms with Crippen molar-refractivity contribution in [3.8, 4) is 0 Å². The number of nitrogens with one attached hydrogen (secondary N) is 2. The minimum atomic E-state index is 0.455. The van der Waals surface area contributed by atoms with Crippen LogP contribution in [0.2, 0.25) is 0 Å². The first kappa shape index (κ1) is 13.6. The number of imidazole rings is 1. The summed E-state index contributed by atoms with van der Waals surface area (Å²) in [4.78, 5) is 11.1. The van der Waals surface area contributed by atoms with Crippen molar-refractivity contribution in [1.82, 2.24) is 20.2 Å². The fraction of sp³-hybridized carbons (Fsp3) is 0.786. The number of likely N-dealkylation sites (tertiary alicyclic amines) is 1. The average Bonchev–Trinajstić information content (AvgIpc) is 3.11. The van der Waals surface area contributed by atoms with Gasteiger partial charge in [-0.2, -0.15) is 0 Å². The first-order valence-corrected chi connectivity index (χ1v) is 8.37. The molecule has 2 aliphatic rings. The lowest BCUT2D eigenvalue weighted by Crippen LogP contribution is -2.29. The molecule has 0 saturated carbocycles. The van der Waals surface area contributed by atoms with E-state index in [0.717, 1.165) is 19.5 Å². The molecule has 1 atom stereocenters. The first-order chi connectivity index (χ1) is 9.33. The Balaban J connectivity index is 1.57. The van der Waals surface area contributed by atoms with Crippen molar-refractivity contribution < 1.29 is 0 Å². The second kappa shape index (κ2) is 6.37. The molecule has 2 saturated heterocycles. The molecule has 2 N–H and O–H groups in total. The number of hydrogen-bond acceptors (Lipinski definition) is 3. The van der Waals surface area contributed by atoms with Crippen LogP contribution in [-0.2, 0) is 6.42 Å². The molecule has 0 bridgehead atoms. The third kappa shape index (κ3) is 3.38. The summed E-state index contributed by atoms with van der Waals surface area (Å²) >= 11 is 3.81. The van der Waals surface area contributed by atoms with Gasteiger partial charge in [-0.1, -0.05) is 15.9 Å². The molecule has 0 amide bonds. The Morgan fingerprint density at radius 3 is 2.79 bits per heavy atom. The number of alkyl halides is 1. The normalized spacial score (nSPS) is 23.8. The minimum absolute atomic E-state index is 0.455. The van der Waals surface area contributed by atoms with E-state index in [1.165, 1.54) is 50.3 Å². The molecule has 3 rings (SSSR count). The van der Waals surface area contributed by atoms with Gasteiger partial charge in [0.1, 0.15) is 5.82 Å². The second-order valence-corrected chi connectivity index (χ2v) is 6.76. The molecule has 0 radical (unpaired) electrons. The summed E-state index contributed by atoms with van der Waals surface area (Å²) in [5, 5.41) is 3.40. The Bertz CT molecular complexity index is 394. The fourth-order valence-electron chi connectivity index (χ4n) is 3.12. The third-order valence-corrected chi connectivity index (χ3v) is 5.20. The van der Waals surface area contributed by atoms with Gasteiger partial charge in [-0.25, -0.2) is 4.98 Å². The quantitative estimate of drug-likeness (QED) is 0.658. The van der Waals surface area contributed by atoms with Crippen LogP contribution >= 0.6 is 15.9 Å². The lowest BCUT2D eigenvalue weighted by Gasteiger charge is -2.22. The lowest BCUT2D eigenvalue weighted by molar-refractivity contribution is 0.320. The average molecular weight is 327 g/mol. The van der Waals surface area contributed by atoms with E-state index >= 15 is 0 Å². The van der Waals surface area contributed by atoms with Gasteiger partial charge >= 0.3 is 0 Å². The van der Waals surface area contributed by atoms with E-state index in [2.05, 4.69) is 36.1 Å². The van der Waals surface area contributed by atoms with Crippen LogP contribution in [-0.4, -0.2) is 46.0 Å². The minimum Gasteiger partial charge on any atom is -0.346 e. The first-order valence-electron chi connectivity index (χ1n) is 7.45. The van der Waals surface area contributed by atoms with E-state index in [-0.39, 0.29) is 0 Å². The molecule has 106 valence electrons. The van der Waals surface area contributed by atoms with Gasteiger partial charge in [0.25, 0.3) is 0 Å². The molecule has 5 heteroatoms. The molecule has 0 aromatic carbocycles. The Hall–Kier alpha value is -0.390. The van der Waals surface area contributed by atoms with Crippen LogP contribution in [0.5, 0.6) is 0 Å². The number of H-pyrrole nitrogens is 1. The zero-order valence-corrected chi connectivity index (χ0v) is 13.0. The highest BCUT2D eigenvalue weighted by molar-refractivity contribution is 9.09. The summed E-state index contributed by atoms with van der Waals surface area (Å²) in [6, 6.07) is 0. The van der Waals surface area contributed by atoms with Crippen molar-refractivity contribution in [2.75, 3.05) is 26.2 Å². The monoisotopic (exact) mass is 326 g/mol. The number of aromatic amines is 1. The van der Waals surface area contributed by atoms with E-state index in [1.54, 1.807) is 0 Å². The van der Waals surface area contributed by atoms with Crippen molar-refractivity contribution in [3.05, 3.63) is 17.7 Å². The molecule has 0 spiro atoms. The van der Waals surface area contributed by atoms with Crippen LogP contribution < -0.4 is 5.32 Å². The van der Waals surface area contributed by atoms with Crippen LogP contribution in [0.3, 0.4) is 0 Å². The zero-order valence-electron chi connectivity index (χ0n) is 11.4. The second-order valence-electron chi connectivity index (χ2n) is 5.70. The largest absolute Gasteiger partial charge is 0.346 e. The van der Waals surface area contributed by atoms with Gasteiger partial charge < -0.3 is 10.3 Å². The Kier molecular flexibility index (Phi) is 4.56. The van der Waals surface area contributed by atoms with Crippen molar-refractivity contribution in [3.63, 3.8) is 0 Å². The van der Waals surface area contributed by atoms with Gasteiger partial charge in [0.05, 0.1) is 4.95 Å². The number of hydrogen-bond donors (Lipinski definition) is 2. The Morgan fingerprint density at radius 1 is 1.32 bits per heavy atom. The Labute approximate surface area is 123 Å².